The van der Waals surface area contributed by atoms with E-state index in [-0.39, 0.29) is 18.2 Å². The SMILES string of the molecule is O=C(OC1C(OC(=O)c2cc(O)c(O)c(O)c2Oc2cc3c(c(O)c2O)-c2c(cc(O)c(O)c2O)C(=O)OC2C(COC3=O)OC(O)C3OC(=O)c4cc(O)c(O)c(O)c4-c4c(cc(O)c(O)c4O)C(=O)OC32)C(O)OC2COC(=O)c3cc(O)c(O)c(O)c3-c3c(cc(O)c(O)c3O)C(=O)OC21)c1cc(O)c(O)c(O)c1. The van der Waals surface area contributed by atoms with E-state index in [1.54, 1.807) is 0 Å². The molecule has 0 amide bonds. The number of phenols is 23. The summed E-state index contributed by atoms with van der Waals surface area (Å²) in [5.74, 6) is -52.5. The number of hydrogen-bond acceptors (Lipinski definition) is 44. The van der Waals surface area contributed by atoms with E-state index in [0.717, 1.165) is 0 Å². The van der Waals surface area contributed by atoms with Crippen molar-refractivity contribution in [1.82, 2.24) is 0 Å². The number of rotatable bonds is 6. The van der Waals surface area contributed by atoms with Gasteiger partial charge in [-0.1, -0.05) is 0 Å². The van der Waals surface area contributed by atoms with Gasteiger partial charge in [-0.15, -0.1) is 0 Å². The zero-order chi connectivity index (χ0) is 81.5. The quantitative estimate of drug-likeness (QED) is 0.0640. The molecule has 5 aliphatic heterocycles. The fourth-order valence-corrected chi connectivity index (χ4v) is 12.6. The van der Waals surface area contributed by atoms with E-state index in [1.165, 1.54) is 0 Å². The van der Waals surface area contributed by atoms with Gasteiger partial charge in [0.25, 0.3) is 0 Å². The summed E-state index contributed by atoms with van der Waals surface area (Å²) < 4.78 is 61.2. The Balaban J connectivity index is 0.892. The van der Waals surface area contributed by atoms with Gasteiger partial charge in [-0.2, -0.15) is 0 Å². The van der Waals surface area contributed by atoms with Crippen LogP contribution in [0.25, 0.3) is 33.4 Å². The molecule has 2 saturated heterocycles. The highest BCUT2D eigenvalue weighted by Crippen LogP contribution is 2.59. The van der Waals surface area contributed by atoms with Gasteiger partial charge in [0.1, 0.15) is 31.0 Å². The number of ether oxygens (including phenoxy) is 11. The number of esters is 8. The van der Waals surface area contributed by atoms with Gasteiger partial charge in [0.2, 0.25) is 46.0 Å². The molecule has 0 aromatic heterocycles. The molecule has 0 bridgehead atoms. The summed E-state index contributed by atoms with van der Waals surface area (Å²) in [5, 5.41) is 275. The van der Waals surface area contributed by atoms with Crippen LogP contribution >= 0.6 is 0 Å². The Kier molecular flexibility index (Phi) is 18.1. The lowest BCUT2D eigenvalue weighted by molar-refractivity contribution is -0.284. The Hall–Kier alpha value is -15.4. The summed E-state index contributed by atoms with van der Waals surface area (Å²) in [5.41, 5.74) is -17.0. The number of benzene rings is 8. The minimum Gasteiger partial charge on any atom is -0.504 e. The van der Waals surface area contributed by atoms with E-state index < -0.39 is 344 Å². The second-order valence-corrected chi connectivity index (χ2v) is 24.6. The van der Waals surface area contributed by atoms with Gasteiger partial charge in [0.05, 0.1) is 38.9 Å². The summed E-state index contributed by atoms with van der Waals surface area (Å²) >= 11 is 0. The van der Waals surface area contributed by atoms with Gasteiger partial charge in [0.15, 0.2) is 147 Å². The smallest absolute Gasteiger partial charge is 0.342 e. The minimum absolute atomic E-state index is 0.162. The topological polar surface area (TPSA) is 744 Å². The van der Waals surface area contributed by atoms with Crippen LogP contribution in [-0.2, 0) is 47.4 Å². The average Bonchev–Trinajstić information content (AvgIpc) is 0.960. The van der Waals surface area contributed by atoms with Crippen molar-refractivity contribution in [3.05, 3.63) is 99.1 Å². The highest BCUT2D eigenvalue weighted by molar-refractivity contribution is 6.12. The largest absolute Gasteiger partial charge is 0.504 e. The molecule has 13 rings (SSSR count). The molecule has 25 N–H and O–H groups in total. The van der Waals surface area contributed by atoms with Crippen LogP contribution in [-0.4, -0.2) is 250 Å². The highest BCUT2D eigenvalue weighted by atomic mass is 16.7. The van der Waals surface area contributed by atoms with Gasteiger partial charge in [0, 0.05) is 45.5 Å². The lowest BCUT2D eigenvalue weighted by Gasteiger charge is -2.43. The number of aliphatic hydroxyl groups is 2. The number of hydrogen-bond donors (Lipinski definition) is 25. The van der Waals surface area contributed by atoms with E-state index in [0.29, 0.717) is 36.4 Å². The highest BCUT2D eigenvalue weighted by Gasteiger charge is 2.57. The Bertz CT molecular complexity index is 5480. The molecule has 8 aromatic rings. The number of carbonyl (C=O) groups excluding carboxylic acids is 8. The van der Waals surface area contributed by atoms with E-state index in [4.69, 9.17) is 52.1 Å². The first kappa shape index (κ1) is 74.8. The summed E-state index contributed by atoms with van der Waals surface area (Å²) in [6, 6.07) is 3.01. The van der Waals surface area contributed by atoms with Crippen LogP contribution in [0.1, 0.15) is 82.9 Å². The first-order chi connectivity index (χ1) is 52.7. The first-order valence-electron chi connectivity index (χ1n) is 31.2. The maximum atomic E-state index is 15.0. The van der Waals surface area contributed by atoms with Crippen LogP contribution in [0.3, 0.4) is 0 Å². The molecule has 0 radical (unpaired) electrons. The van der Waals surface area contributed by atoms with Crippen LogP contribution < -0.4 is 4.74 Å². The second-order valence-electron chi connectivity index (χ2n) is 24.6. The van der Waals surface area contributed by atoms with Crippen LogP contribution in [0.2, 0.25) is 0 Å². The lowest BCUT2D eigenvalue weighted by atomic mass is 9.91. The van der Waals surface area contributed by atoms with Gasteiger partial charge < -0.3 is 180 Å². The zero-order valence-corrected chi connectivity index (χ0v) is 54.8. The van der Waals surface area contributed by atoms with Gasteiger partial charge in [-0.3, -0.25) is 0 Å². The molecular weight excluding hydrogens is 1520 g/mol. The number of phenolic OH excluding ortho intramolecular Hbond substituents is 23. The Labute approximate surface area is 614 Å². The molecule has 0 saturated carbocycles. The van der Waals surface area contributed by atoms with Crippen molar-refractivity contribution in [2.45, 2.75) is 61.4 Å². The van der Waals surface area contributed by atoms with Crippen LogP contribution in [0.4, 0.5) is 0 Å². The Morgan fingerprint density at radius 2 is 0.616 bits per heavy atom. The number of fused-ring (bicyclic) bond motifs is 13. The Morgan fingerprint density at radius 1 is 0.304 bits per heavy atom. The monoisotopic (exact) mass is 1570 g/mol. The van der Waals surface area contributed by atoms with Crippen molar-refractivity contribution in [1.29, 1.82) is 0 Å². The summed E-state index contributed by atoms with van der Waals surface area (Å²) in [6.07, 6.45) is -26.0. The van der Waals surface area contributed by atoms with Crippen molar-refractivity contribution >= 4 is 47.8 Å². The molecule has 2 fully saturated rings. The van der Waals surface area contributed by atoms with E-state index >= 15 is 0 Å². The van der Waals surface area contributed by atoms with Crippen LogP contribution in [0.15, 0.2) is 54.6 Å². The number of carbonyl (C=O) groups is 8. The fourth-order valence-electron chi connectivity index (χ4n) is 12.6. The maximum absolute atomic E-state index is 15.0. The lowest BCUT2D eigenvalue weighted by Crippen LogP contribution is -2.62. The van der Waals surface area contributed by atoms with Crippen LogP contribution in [0.5, 0.6) is 144 Å². The molecule has 10 atom stereocenters. The molecule has 5 aliphatic rings. The molecule has 0 aliphatic carbocycles. The average molecular weight is 1570 g/mol. The predicted molar refractivity (Wildman–Crippen MR) is 344 cm³/mol. The standard InChI is InChI=1S/C68H48O44/c69-20-1-12(2-21(70)37(20)77)59(92)109-55-53-29(10-102-60(93)13-3-22(71)38(78)45(85)31(13)32-14(62(95)107-53)4-23(72)39(79)46(32)86)105-67(100)57(55)112-66(99)19-8-27(76)43(83)51(91)52(19)104-28-9-18-36(50(90)44(28)84)35-15(5-24(73)42(82)49(35)89)63(96)108-54-30(11-103-61(18)94)106-68(101)58-56(54)110-64(97)16-6-25(74)40(80)47(87)33(16)34-17(65(98)111-58)7-26(75)41(81)48(34)88/h1-9,29-30,53-58,67-91,100-101H,10-11H2. The second kappa shape index (κ2) is 27.1. The normalized spacial score (nSPS) is 21.3. The van der Waals surface area contributed by atoms with Crippen molar-refractivity contribution in [3.63, 3.8) is 0 Å². The fraction of sp³-hybridized carbons (Fsp3) is 0.176. The van der Waals surface area contributed by atoms with Gasteiger partial charge in [-0.25, -0.2) is 38.4 Å². The predicted octanol–water partition coefficient (Wildman–Crippen LogP) is 1.75. The third-order valence-electron chi connectivity index (χ3n) is 18.0. The van der Waals surface area contributed by atoms with Crippen molar-refractivity contribution in [3.8, 4) is 177 Å². The van der Waals surface area contributed by atoms with Crippen molar-refractivity contribution < 1.29 is 218 Å². The van der Waals surface area contributed by atoms with Crippen LogP contribution in [0, 0.1) is 0 Å². The summed E-state index contributed by atoms with van der Waals surface area (Å²) in [6.45, 7) is -2.81. The van der Waals surface area contributed by atoms with E-state index in [1.807, 2.05) is 0 Å². The first-order valence-corrected chi connectivity index (χ1v) is 31.2. The summed E-state index contributed by atoms with van der Waals surface area (Å²) in [7, 11) is 0. The molecule has 0 spiro atoms. The maximum Gasteiger partial charge on any atom is 0.342 e. The number of cyclic esters (lactones) is 2. The molecule has 5 heterocycles. The molecule has 8 aromatic carbocycles. The van der Waals surface area contributed by atoms with Crippen molar-refractivity contribution in [2.75, 3.05) is 13.2 Å². The third kappa shape index (κ3) is 12.0. The molecular formula is C68H48O44. The van der Waals surface area contributed by atoms with E-state index in [9.17, 15) is 166 Å². The number of aliphatic hydroxyl groups excluding tert-OH is 2. The van der Waals surface area contributed by atoms with Gasteiger partial charge in [-0.05, 0) is 42.5 Å². The third-order valence-corrected chi connectivity index (χ3v) is 18.0. The van der Waals surface area contributed by atoms with Crippen molar-refractivity contribution in [2.24, 2.45) is 0 Å². The summed E-state index contributed by atoms with van der Waals surface area (Å²) in [4.78, 5) is 116. The zero-order valence-electron chi connectivity index (χ0n) is 54.8. The number of aromatic hydroxyl groups is 23. The minimum atomic E-state index is -2.87. The molecule has 44 nitrogen and oxygen atoms in total. The molecule has 44 heteroatoms. The molecule has 584 valence electrons. The van der Waals surface area contributed by atoms with Gasteiger partial charge >= 0.3 is 47.8 Å². The molecule has 10 unspecified atom stereocenters. The Morgan fingerprint density at radius 3 is 1.04 bits per heavy atom. The molecule has 112 heavy (non-hydrogen) atoms. The van der Waals surface area contributed by atoms with E-state index in [2.05, 4.69) is 0 Å².